The van der Waals surface area contributed by atoms with Gasteiger partial charge in [-0.1, -0.05) is 23.2 Å². The molecule has 170 valence electrons. The number of pyridine rings is 2. The Balaban J connectivity index is 1.49. The van der Waals surface area contributed by atoms with Crippen molar-refractivity contribution in [2.24, 2.45) is 13.0 Å². The summed E-state index contributed by atoms with van der Waals surface area (Å²) in [5.74, 6) is -1.31. The third-order valence-corrected chi connectivity index (χ3v) is 6.19. The fourth-order valence-corrected chi connectivity index (χ4v) is 4.25. The topological polar surface area (TPSA) is 84.7 Å². The van der Waals surface area contributed by atoms with Crippen LogP contribution in [0.25, 0.3) is 11.0 Å². The van der Waals surface area contributed by atoms with Gasteiger partial charge in [0.1, 0.15) is 5.69 Å². The molecule has 2 N–H and O–H groups in total. The summed E-state index contributed by atoms with van der Waals surface area (Å²) in [7, 11) is 1.77. The zero-order valence-electron chi connectivity index (χ0n) is 16.9. The fourth-order valence-electron chi connectivity index (χ4n) is 3.79. The number of halogens is 5. The molecule has 1 aliphatic carbocycles. The molecule has 1 saturated carbocycles. The molecule has 7 nitrogen and oxygen atoms in total. The quantitative estimate of drug-likeness (QED) is 0.524. The molecule has 0 aliphatic heterocycles. The summed E-state index contributed by atoms with van der Waals surface area (Å²) in [6.07, 6.45) is 0.810. The van der Waals surface area contributed by atoms with Gasteiger partial charge in [0, 0.05) is 25.5 Å². The van der Waals surface area contributed by atoms with E-state index in [4.69, 9.17) is 23.2 Å². The molecule has 0 atom stereocenters. The van der Waals surface area contributed by atoms with Gasteiger partial charge in [-0.15, -0.1) is 0 Å². The van der Waals surface area contributed by atoms with Gasteiger partial charge in [0.2, 0.25) is 5.95 Å². The summed E-state index contributed by atoms with van der Waals surface area (Å²) in [5, 5.41) is 6.49. The Morgan fingerprint density at radius 3 is 2.41 bits per heavy atom. The number of anilines is 2. The number of alkyl halides is 3. The first-order valence-corrected chi connectivity index (χ1v) is 10.6. The molecule has 3 heterocycles. The Morgan fingerprint density at radius 1 is 1.12 bits per heavy atom. The van der Waals surface area contributed by atoms with Gasteiger partial charge in [0.25, 0.3) is 5.91 Å². The van der Waals surface area contributed by atoms with Gasteiger partial charge >= 0.3 is 6.18 Å². The van der Waals surface area contributed by atoms with E-state index in [0.717, 1.165) is 0 Å². The second-order valence-electron chi connectivity index (χ2n) is 7.72. The fraction of sp³-hybridized carbons (Fsp3) is 0.400. The normalized spacial score (nSPS) is 19.2. The number of aromatic nitrogens is 4. The lowest BCUT2D eigenvalue weighted by Gasteiger charge is -2.30. The Bertz CT molecular complexity index is 1140. The second kappa shape index (κ2) is 8.74. The lowest BCUT2D eigenvalue weighted by atomic mass is 9.85. The molecule has 0 aromatic carbocycles. The number of amides is 1. The molecular weight excluding hydrogens is 468 g/mol. The van der Waals surface area contributed by atoms with Crippen LogP contribution in [-0.2, 0) is 7.05 Å². The van der Waals surface area contributed by atoms with Crippen molar-refractivity contribution in [2.75, 3.05) is 5.32 Å². The van der Waals surface area contributed by atoms with E-state index < -0.39 is 18.0 Å². The molecule has 0 bridgehead atoms. The Hall–Kier alpha value is -2.59. The van der Waals surface area contributed by atoms with Gasteiger partial charge in [-0.3, -0.25) is 9.78 Å². The molecule has 3 aromatic heterocycles. The summed E-state index contributed by atoms with van der Waals surface area (Å²) < 4.78 is 40.2. The van der Waals surface area contributed by atoms with Crippen LogP contribution in [0.1, 0.15) is 36.2 Å². The first kappa shape index (κ1) is 22.6. The summed E-state index contributed by atoms with van der Waals surface area (Å²) in [6, 6.07) is 1.22. The molecule has 0 unspecified atom stereocenters. The van der Waals surface area contributed by atoms with Crippen molar-refractivity contribution >= 4 is 51.8 Å². The monoisotopic (exact) mass is 486 g/mol. The molecule has 1 aliphatic rings. The van der Waals surface area contributed by atoms with Crippen LogP contribution in [0.2, 0.25) is 10.0 Å². The van der Waals surface area contributed by atoms with Gasteiger partial charge in [-0.25, -0.2) is 9.97 Å². The summed E-state index contributed by atoms with van der Waals surface area (Å²) in [4.78, 5) is 25.2. The number of carbonyl (C=O) groups is 1. The number of imidazole rings is 1. The van der Waals surface area contributed by atoms with Gasteiger partial charge in [0.15, 0.2) is 0 Å². The Morgan fingerprint density at radius 2 is 1.78 bits per heavy atom. The second-order valence-corrected chi connectivity index (χ2v) is 8.53. The van der Waals surface area contributed by atoms with Gasteiger partial charge in [-0.05, 0) is 31.7 Å². The highest BCUT2D eigenvalue weighted by Crippen LogP contribution is 2.37. The first-order chi connectivity index (χ1) is 15.1. The molecule has 0 radical (unpaired) electrons. The average Bonchev–Trinajstić information content (AvgIpc) is 3.05. The Kier molecular flexibility index (Phi) is 6.17. The summed E-state index contributed by atoms with van der Waals surface area (Å²) >= 11 is 12.3. The van der Waals surface area contributed by atoms with Crippen LogP contribution in [0, 0.1) is 5.92 Å². The van der Waals surface area contributed by atoms with Crippen LogP contribution >= 0.6 is 23.2 Å². The van der Waals surface area contributed by atoms with E-state index >= 15 is 0 Å². The minimum Gasteiger partial charge on any atom is -0.348 e. The molecule has 1 fully saturated rings. The minimum atomic E-state index is -4.18. The van der Waals surface area contributed by atoms with Crippen LogP contribution in [0.15, 0.2) is 24.7 Å². The molecule has 0 spiro atoms. The first-order valence-electron chi connectivity index (χ1n) is 9.89. The lowest BCUT2D eigenvalue weighted by molar-refractivity contribution is -0.182. The van der Waals surface area contributed by atoms with Crippen molar-refractivity contribution in [2.45, 2.75) is 37.9 Å². The van der Waals surface area contributed by atoms with Crippen molar-refractivity contribution in [3.05, 3.63) is 40.4 Å². The average molecular weight is 487 g/mol. The van der Waals surface area contributed by atoms with Crippen molar-refractivity contribution in [1.29, 1.82) is 0 Å². The molecule has 32 heavy (non-hydrogen) atoms. The van der Waals surface area contributed by atoms with E-state index in [1.165, 1.54) is 24.7 Å². The van der Waals surface area contributed by atoms with E-state index in [0.29, 0.717) is 32.7 Å². The largest absolute Gasteiger partial charge is 0.391 e. The smallest absolute Gasteiger partial charge is 0.348 e. The van der Waals surface area contributed by atoms with Crippen molar-refractivity contribution in [3.8, 4) is 0 Å². The number of nitrogens with one attached hydrogen (secondary N) is 2. The lowest BCUT2D eigenvalue weighted by Crippen LogP contribution is -2.40. The molecule has 12 heteroatoms. The maximum absolute atomic E-state index is 12.8. The third kappa shape index (κ3) is 4.61. The number of carbonyl (C=O) groups excluding carboxylic acids is 1. The molecular formula is C20H19Cl2F3N6O. The molecule has 1 amide bonds. The zero-order valence-corrected chi connectivity index (χ0v) is 18.4. The highest BCUT2D eigenvalue weighted by Gasteiger charge is 2.41. The van der Waals surface area contributed by atoms with Crippen LogP contribution < -0.4 is 10.6 Å². The van der Waals surface area contributed by atoms with Crippen molar-refractivity contribution in [3.63, 3.8) is 0 Å². The van der Waals surface area contributed by atoms with E-state index in [2.05, 4.69) is 25.6 Å². The number of aryl methyl sites for hydroxylation is 1. The molecule has 3 aromatic rings. The number of hydrogen-bond donors (Lipinski definition) is 2. The predicted octanol–water partition coefficient (Wildman–Crippen LogP) is 5.26. The minimum absolute atomic E-state index is 0.0102. The maximum Gasteiger partial charge on any atom is 0.391 e. The van der Waals surface area contributed by atoms with Crippen molar-refractivity contribution in [1.82, 2.24) is 24.8 Å². The van der Waals surface area contributed by atoms with Crippen molar-refractivity contribution < 1.29 is 18.0 Å². The number of nitrogens with zero attached hydrogens (tertiary/aromatic N) is 4. The SMILES string of the molecule is Cn1c(Nc2c(Cl)cncc2Cl)nc2cc(C(=O)NC3CCC(C(F)(F)F)CC3)ncc21. The summed E-state index contributed by atoms with van der Waals surface area (Å²) in [5.41, 5.74) is 1.76. The third-order valence-electron chi connectivity index (χ3n) is 5.62. The highest BCUT2D eigenvalue weighted by molar-refractivity contribution is 6.39. The zero-order chi connectivity index (χ0) is 23.0. The molecule has 0 saturated heterocycles. The van der Waals surface area contributed by atoms with Crippen LogP contribution in [0.5, 0.6) is 0 Å². The predicted molar refractivity (Wildman–Crippen MR) is 115 cm³/mol. The highest BCUT2D eigenvalue weighted by atomic mass is 35.5. The molecule has 4 rings (SSSR count). The maximum atomic E-state index is 12.8. The van der Waals surface area contributed by atoms with Gasteiger partial charge < -0.3 is 15.2 Å². The Labute approximate surface area is 191 Å². The van der Waals surface area contributed by atoms with Gasteiger partial charge in [0.05, 0.1) is 38.9 Å². The van der Waals surface area contributed by atoms with Crippen LogP contribution in [-0.4, -0.2) is 37.6 Å². The van der Waals surface area contributed by atoms with E-state index in [-0.39, 0.29) is 37.4 Å². The number of rotatable bonds is 4. The van der Waals surface area contributed by atoms with Gasteiger partial charge in [-0.2, -0.15) is 13.2 Å². The number of fused-ring (bicyclic) bond motifs is 1. The van der Waals surface area contributed by atoms with E-state index in [9.17, 15) is 18.0 Å². The number of hydrogen-bond acceptors (Lipinski definition) is 5. The standard InChI is InChI=1S/C20H19Cl2F3N6O/c1-31-16-9-27-15(18(32)28-11-4-2-10(3-5-11)20(23,24)25)6-14(16)29-19(31)30-17-12(21)7-26-8-13(17)22/h6-11H,2-5H2,1H3,(H,28,32)(H,26,29,30). The van der Waals surface area contributed by atoms with Crippen LogP contribution in [0.3, 0.4) is 0 Å². The van der Waals surface area contributed by atoms with E-state index in [1.54, 1.807) is 11.6 Å². The van der Waals surface area contributed by atoms with E-state index in [1.807, 2.05) is 0 Å². The van der Waals surface area contributed by atoms with Crippen LogP contribution in [0.4, 0.5) is 24.8 Å². The summed E-state index contributed by atoms with van der Waals surface area (Å²) in [6.45, 7) is 0.